The van der Waals surface area contributed by atoms with Gasteiger partial charge >= 0.3 is 0 Å². The van der Waals surface area contributed by atoms with Gasteiger partial charge in [0.15, 0.2) is 6.29 Å². The summed E-state index contributed by atoms with van der Waals surface area (Å²) in [6.07, 6.45) is -0.416. The quantitative estimate of drug-likeness (QED) is 0.746. The smallest absolute Gasteiger partial charge is 0.219 e. The number of carbonyl (C=O) groups excluding carboxylic acids is 1. The predicted molar refractivity (Wildman–Crippen MR) is 70.3 cm³/mol. The van der Waals surface area contributed by atoms with Crippen LogP contribution in [-0.2, 0) is 20.8 Å². The third-order valence-electron chi connectivity index (χ3n) is 2.63. The van der Waals surface area contributed by atoms with Gasteiger partial charge in [0, 0.05) is 32.7 Å². The first-order chi connectivity index (χ1) is 8.56. The zero-order chi connectivity index (χ0) is 13.5. The largest absolute Gasteiger partial charge is 0.354 e. The highest BCUT2D eigenvalue weighted by atomic mass is 35.5. The minimum absolute atomic E-state index is 0.0240. The van der Waals surface area contributed by atoms with Gasteiger partial charge in [-0.25, -0.2) is 0 Å². The molecule has 1 aromatic carbocycles. The molecule has 0 saturated carbocycles. The normalized spacial score (nSPS) is 10.7. The number of carbonyl (C=O) groups is 1. The monoisotopic (exact) mass is 271 g/mol. The minimum Gasteiger partial charge on any atom is -0.354 e. The van der Waals surface area contributed by atoms with Crippen LogP contribution in [0.3, 0.4) is 0 Å². The Balaban J connectivity index is 2.68. The zero-order valence-corrected chi connectivity index (χ0v) is 11.6. The lowest BCUT2D eigenvalue weighted by molar-refractivity contribution is -0.144. The van der Waals surface area contributed by atoms with E-state index in [-0.39, 0.29) is 5.91 Å². The van der Waals surface area contributed by atoms with Crippen LogP contribution < -0.4 is 0 Å². The van der Waals surface area contributed by atoms with Crippen LogP contribution in [0.2, 0.25) is 5.02 Å². The van der Waals surface area contributed by atoms with Gasteiger partial charge in [-0.3, -0.25) is 4.79 Å². The van der Waals surface area contributed by atoms with Gasteiger partial charge in [-0.1, -0.05) is 23.7 Å². The van der Waals surface area contributed by atoms with Gasteiger partial charge in [-0.15, -0.1) is 0 Å². The summed E-state index contributed by atoms with van der Waals surface area (Å²) in [6, 6.07) is 7.40. The molecule has 0 fully saturated rings. The summed E-state index contributed by atoms with van der Waals surface area (Å²) >= 11 is 5.82. The molecule has 0 aliphatic carbocycles. The Kier molecular flexibility index (Phi) is 6.12. The molecule has 1 aromatic rings. The number of methoxy groups -OCH3 is 2. The summed E-state index contributed by atoms with van der Waals surface area (Å²) in [5.74, 6) is -0.0240. The van der Waals surface area contributed by atoms with Crippen molar-refractivity contribution in [2.45, 2.75) is 19.8 Å². The highest BCUT2D eigenvalue weighted by Gasteiger charge is 2.15. The van der Waals surface area contributed by atoms with E-state index in [1.54, 1.807) is 31.3 Å². The molecule has 0 aromatic heterocycles. The van der Waals surface area contributed by atoms with Crippen molar-refractivity contribution in [3.05, 3.63) is 34.9 Å². The second kappa shape index (κ2) is 7.36. The number of amides is 1. The lowest BCUT2D eigenvalue weighted by Gasteiger charge is -2.25. The second-order valence-electron chi connectivity index (χ2n) is 3.93. The van der Waals surface area contributed by atoms with Crippen molar-refractivity contribution in [3.8, 4) is 0 Å². The third kappa shape index (κ3) is 4.64. The van der Waals surface area contributed by atoms with Gasteiger partial charge in [0.25, 0.3) is 0 Å². The van der Waals surface area contributed by atoms with E-state index in [1.807, 2.05) is 12.1 Å². The van der Waals surface area contributed by atoms with E-state index < -0.39 is 6.29 Å². The molecule has 5 heteroatoms. The highest BCUT2D eigenvalue weighted by molar-refractivity contribution is 6.30. The maximum Gasteiger partial charge on any atom is 0.219 e. The highest BCUT2D eigenvalue weighted by Crippen LogP contribution is 2.12. The summed E-state index contributed by atoms with van der Waals surface area (Å²) < 4.78 is 10.2. The van der Waals surface area contributed by atoms with Gasteiger partial charge in [0.1, 0.15) is 0 Å². The molecule has 0 atom stereocenters. The van der Waals surface area contributed by atoms with E-state index in [9.17, 15) is 4.79 Å². The number of hydrogen-bond acceptors (Lipinski definition) is 3. The average Bonchev–Trinajstić information content (AvgIpc) is 2.36. The molecule has 1 amide bonds. The van der Waals surface area contributed by atoms with Gasteiger partial charge in [0.05, 0.1) is 6.54 Å². The van der Waals surface area contributed by atoms with Crippen LogP contribution in [0.15, 0.2) is 24.3 Å². The summed E-state index contributed by atoms with van der Waals surface area (Å²) in [5.41, 5.74) is 1.01. The maximum absolute atomic E-state index is 11.6. The summed E-state index contributed by atoms with van der Waals surface area (Å²) in [4.78, 5) is 13.2. The fraction of sp³-hybridized carbons (Fsp3) is 0.462. The van der Waals surface area contributed by atoms with E-state index in [0.717, 1.165) is 5.56 Å². The Labute approximate surface area is 112 Å². The van der Waals surface area contributed by atoms with Crippen LogP contribution in [0, 0.1) is 0 Å². The molecule has 4 nitrogen and oxygen atoms in total. The number of rotatable bonds is 6. The van der Waals surface area contributed by atoms with Crippen molar-refractivity contribution in [2.75, 3.05) is 20.8 Å². The van der Waals surface area contributed by atoms with Crippen LogP contribution in [0.4, 0.5) is 0 Å². The lowest BCUT2D eigenvalue weighted by atomic mass is 10.2. The zero-order valence-electron chi connectivity index (χ0n) is 10.9. The molecule has 0 bridgehead atoms. The summed E-state index contributed by atoms with van der Waals surface area (Å²) in [5, 5.41) is 0.680. The number of ether oxygens (including phenoxy) is 2. The van der Waals surface area contributed by atoms with E-state index in [0.29, 0.717) is 18.1 Å². The Morgan fingerprint density at radius 3 is 2.28 bits per heavy atom. The van der Waals surface area contributed by atoms with Crippen LogP contribution in [-0.4, -0.2) is 37.9 Å². The molecule has 0 spiro atoms. The SMILES string of the molecule is COC(CN(Cc1ccc(Cl)cc1)C(C)=O)OC. The molecule has 0 aliphatic rings. The van der Waals surface area contributed by atoms with Gasteiger partial charge in [-0.05, 0) is 17.7 Å². The first-order valence-electron chi connectivity index (χ1n) is 5.62. The van der Waals surface area contributed by atoms with Crippen molar-refractivity contribution in [1.29, 1.82) is 0 Å². The van der Waals surface area contributed by atoms with E-state index in [4.69, 9.17) is 21.1 Å². The average molecular weight is 272 g/mol. The minimum atomic E-state index is -0.416. The Morgan fingerprint density at radius 1 is 1.28 bits per heavy atom. The number of halogens is 1. The molecular formula is C13H18ClNO3. The van der Waals surface area contributed by atoms with Crippen molar-refractivity contribution in [2.24, 2.45) is 0 Å². The Hall–Kier alpha value is -1.10. The Bertz CT molecular complexity index is 376. The molecule has 1 rings (SSSR count). The number of hydrogen-bond donors (Lipinski definition) is 0. The van der Waals surface area contributed by atoms with Gasteiger partial charge < -0.3 is 14.4 Å². The third-order valence-corrected chi connectivity index (χ3v) is 2.88. The summed E-state index contributed by atoms with van der Waals surface area (Å²) in [7, 11) is 3.10. The number of nitrogens with zero attached hydrogens (tertiary/aromatic N) is 1. The molecule has 0 radical (unpaired) electrons. The first-order valence-corrected chi connectivity index (χ1v) is 6.00. The standard InChI is InChI=1S/C13H18ClNO3/c1-10(16)15(9-13(17-2)18-3)8-11-4-6-12(14)7-5-11/h4-7,13H,8-9H2,1-3H3. The molecule has 0 aliphatic heterocycles. The first kappa shape index (κ1) is 15.0. The van der Waals surface area contributed by atoms with Crippen molar-refractivity contribution < 1.29 is 14.3 Å². The topological polar surface area (TPSA) is 38.8 Å². The fourth-order valence-electron chi connectivity index (χ4n) is 1.54. The Morgan fingerprint density at radius 2 is 1.83 bits per heavy atom. The molecule has 0 N–H and O–H groups in total. The maximum atomic E-state index is 11.6. The van der Waals surface area contributed by atoms with E-state index in [2.05, 4.69) is 0 Å². The van der Waals surface area contributed by atoms with E-state index in [1.165, 1.54) is 6.92 Å². The van der Waals surface area contributed by atoms with Gasteiger partial charge in [0.2, 0.25) is 5.91 Å². The van der Waals surface area contributed by atoms with E-state index >= 15 is 0 Å². The summed E-state index contributed by atoms with van der Waals surface area (Å²) in [6.45, 7) is 2.43. The van der Waals surface area contributed by atoms with Crippen molar-refractivity contribution >= 4 is 17.5 Å². The number of benzene rings is 1. The van der Waals surface area contributed by atoms with Gasteiger partial charge in [-0.2, -0.15) is 0 Å². The molecular weight excluding hydrogens is 254 g/mol. The predicted octanol–water partition coefficient (Wildman–Crippen LogP) is 2.31. The van der Waals surface area contributed by atoms with Crippen LogP contribution >= 0.6 is 11.6 Å². The van der Waals surface area contributed by atoms with Crippen LogP contribution in [0.25, 0.3) is 0 Å². The molecule has 0 unspecified atom stereocenters. The molecule has 0 heterocycles. The molecule has 0 saturated heterocycles. The van der Waals surface area contributed by atoms with Crippen LogP contribution in [0.1, 0.15) is 12.5 Å². The van der Waals surface area contributed by atoms with Crippen LogP contribution in [0.5, 0.6) is 0 Å². The van der Waals surface area contributed by atoms with Crippen molar-refractivity contribution in [3.63, 3.8) is 0 Å². The molecule has 18 heavy (non-hydrogen) atoms. The van der Waals surface area contributed by atoms with Crippen molar-refractivity contribution in [1.82, 2.24) is 4.90 Å². The second-order valence-corrected chi connectivity index (χ2v) is 4.36. The lowest BCUT2D eigenvalue weighted by Crippen LogP contribution is -2.37. The molecule has 100 valence electrons. The fourth-order valence-corrected chi connectivity index (χ4v) is 1.67.